The molecule has 1 amide bonds. The van der Waals surface area contributed by atoms with Crippen LogP contribution in [0, 0.1) is 26.7 Å². The number of hydrogen-bond acceptors (Lipinski definition) is 3. The van der Waals surface area contributed by atoms with Crippen molar-refractivity contribution in [1.29, 1.82) is 0 Å². The summed E-state index contributed by atoms with van der Waals surface area (Å²) in [4.78, 5) is 20.9. The second kappa shape index (κ2) is 10.2. The number of aryl methyl sites for hydroxylation is 3. The van der Waals surface area contributed by atoms with Gasteiger partial charge in [-0.25, -0.2) is 0 Å². The van der Waals surface area contributed by atoms with Gasteiger partial charge in [0.1, 0.15) is 0 Å². The first-order valence-electron chi connectivity index (χ1n) is 12.9. The van der Waals surface area contributed by atoms with E-state index in [2.05, 4.69) is 108 Å². The van der Waals surface area contributed by atoms with Gasteiger partial charge in [-0.2, -0.15) is 0 Å². The number of likely N-dealkylation sites (tertiary alicyclic amines) is 1. The van der Waals surface area contributed by atoms with E-state index in [0.717, 1.165) is 45.8 Å². The third-order valence-electron chi connectivity index (χ3n) is 7.76. The van der Waals surface area contributed by atoms with Gasteiger partial charge in [-0.3, -0.25) is 9.69 Å². The van der Waals surface area contributed by atoms with Crippen molar-refractivity contribution in [3.05, 3.63) is 101 Å². The molecule has 0 aliphatic carbocycles. The van der Waals surface area contributed by atoms with Gasteiger partial charge >= 0.3 is 0 Å². The normalized spacial score (nSPS) is 20.9. The largest absolute Gasteiger partial charge is 0.368 e. The number of carbonyl (C=O) groups excluding carboxylic acids is 1. The van der Waals surface area contributed by atoms with Crippen molar-refractivity contribution in [3.63, 3.8) is 0 Å². The molecule has 0 radical (unpaired) electrons. The molecule has 35 heavy (non-hydrogen) atoms. The highest BCUT2D eigenvalue weighted by molar-refractivity contribution is 5.81. The summed E-state index contributed by atoms with van der Waals surface area (Å²) in [5.74, 6) is 0.573. The minimum absolute atomic E-state index is 0.00803. The highest BCUT2D eigenvalue weighted by Crippen LogP contribution is 2.35. The molecule has 3 aromatic carbocycles. The standard InChI is InChI=1S/C31H37N3O/c1-23-10-13-27(14-11-23)28-21-32(20-26-7-5-4-6-8-26)22-29(28)31(35)34-17-15-33(16-18-34)30-19-24(2)9-12-25(30)3/h4-14,19,28-29H,15-18,20-22H2,1-3H3. The monoisotopic (exact) mass is 467 g/mol. The molecular weight excluding hydrogens is 430 g/mol. The number of carbonyl (C=O) groups is 1. The molecule has 0 spiro atoms. The third kappa shape index (κ3) is 5.28. The summed E-state index contributed by atoms with van der Waals surface area (Å²) in [6.45, 7) is 12.5. The van der Waals surface area contributed by atoms with Crippen LogP contribution in [-0.2, 0) is 11.3 Å². The van der Waals surface area contributed by atoms with Crippen LogP contribution in [0.2, 0.25) is 0 Å². The van der Waals surface area contributed by atoms with Crippen molar-refractivity contribution in [1.82, 2.24) is 9.80 Å². The molecule has 2 heterocycles. The molecule has 0 saturated carbocycles. The van der Waals surface area contributed by atoms with Crippen LogP contribution in [-0.4, -0.2) is 55.0 Å². The Labute approximate surface area is 210 Å². The van der Waals surface area contributed by atoms with E-state index in [1.807, 2.05) is 0 Å². The second-order valence-corrected chi connectivity index (χ2v) is 10.4. The first-order chi connectivity index (χ1) is 17.0. The number of rotatable bonds is 5. The van der Waals surface area contributed by atoms with E-state index in [1.54, 1.807) is 0 Å². The van der Waals surface area contributed by atoms with Gasteiger partial charge in [0.15, 0.2) is 0 Å². The fourth-order valence-electron chi connectivity index (χ4n) is 5.72. The maximum atomic E-state index is 13.9. The average molecular weight is 468 g/mol. The average Bonchev–Trinajstić information content (AvgIpc) is 3.30. The summed E-state index contributed by atoms with van der Waals surface area (Å²) < 4.78 is 0. The van der Waals surface area contributed by atoms with Gasteiger partial charge < -0.3 is 9.80 Å². The summed E-state index contributed by atoms with van der Waals surface area (Å²) in [5, 5.41) is 0. The summed E-state index contributed by atoms with van der Waals surface area (Å²) in [7, 11) is 0. The smallest absolute Gasteiger partial charge is 0.227 e. The quantitative estimate of drug-likeness (QED) is 0.518. The maximum Gasteiger partial charge on any atom is 0.227 e. The molecule has 2 unspecified atom stereocenters. The van der Waals surface area contributed by atoms with Crippen LogP contribution in [0.25, 0.3) is 0 Å². The van der Waals surface area contributed by atoms with Gasteiger partial charge in [0.2, 0.25) is 5.91 Å². The van der Waals surface area contributed by atoms with Crippen LogP contribution in [0.5, 0.6) is 0 Å². The molecule has 3 aromatic rings. The van der Waals surface area contributed by atoms with Crippen molar-refractivity contribution < 1.29 is 4.79 Å². The minimum atomic E-state index is 0.00803. The zero-order valence-electron chi connectivity index (χ0n) is 21.3. The van der Waals surface area contributed by atoms with Crippen LogP contribution in [0.15, 0.2) is 72.8 Å². The fourth-order valence-corrected chi connectivity index (χ4v) is 5.72. The van der Waals surface area contributed by atoms with Gasteiger partial charge in [0.05, 0.1) is 5.92 Å². The highest BCUT2D eigenvalue weighted by atomic mass is 16.2. The Bertz CT molecular complexity index is 1150. The Balaban J connectivity index is 1.30. The number of nitrogens with zero attached hydrogens (tertiary/aromatic N) is 3. The molecule has 2 fully saturated rings. The lowest BCUT2D eigenvalue weighted by Crippen LogP contribution is -2.51. The van der Waals surface area contributed by atoms with Crippen LogP contribution < -0.4 is 4.90 Å². The van der Waals surface area contributed by atoms with Gasteiger partial charge in [-0.1, -0.05) is 72.3 Å². The minimum Gasteiger partial charge on any atom is -0.368 e. The predicted octanol–water partition coefficient (Wildman–Crippen LogP) is 5.18. The predicted molar refractivity (Wildman–Crippen MR) is 144 cm³/mol. The summed E-state index contributed by atoms with van der Waals surface area (Å²) in [6.07, 6.45) is 0. The molecule has 2 aliphatic heterocycles. The van der Waals surface area contributed by atoms with Crippen molar-refractivity contribution in [2.75, 3.05) is 44.2 Å². The van der Waals surface area contributed by atoms with Gasteiger partial charge in [-0.15, -0.1) is 0 Å². The highest BCUT2D eigenvalue weighted by Gasteiger charge is 2.40. The van der Waals surface area contributed by atoms with E-state index in [0.29, 0.717) is 5.91 Å². The lowest BCUT2D eigenvalue weighted by molar-refractivity contribution is -0.135. The number of piperazine rings is 1. The molecule has 0 aromatic heterocycles. The molecule has 2 aliphatic rings. The van der Waals surface area contributed by atoms with Crippen molar-refractivity contribution in [3.8, 4) is 0 Å². The Kier molecular flexibility index (Phi) is 6.92. The van der Waals surface area contributed by atoms with E-state index in [1.165, 1.54) is 33.5 Å². The lowest BCUT2D eigenvalue weighted by Gasteiger charge is -2.38. The SMILES string of the molecule is Cc1ccc(C2CN(Cc3ccccc3)CC2C(=O)N2CCN(c3cc(C)ccc3C)CC2)cc1. The van der Waals surface area contributed by atoms with E-state index in [9.17, 15) is 4.79 Å². The van der Waals surface area contributed by atoms with Crippen LogP contribution >= 0.6 is 0 Å². The first kappa shape index (κ1) is 23.6. The first-order valence-corrected chi connectivity index (χ1v) is 12.9. The molecule has 0 N–H and O–H groups in total. The number of amides is 1. The molecule has 182 valence electrons. The summed E-state index contributed by atoms with van der Waals surface area (Å²) >= 11 is 0. The van der Waals surface area contributed by atoms with Crippen LogP contribution in [0.3, 0.4) is 0 Å². The van der Waals surface area contributed by atoms with Crippen molar-refractivity contribution >= 4 is 11.6 Å². The fraction of sp³-hybridized carbons (Fsp3) is 0.387. The molecule has 4 heteroatoms. The van der Waals surface area contributed by atoms with E-state index in [-0.39, 0.29) is 11.8 Å². The third-order valence-corrected chi connectivity index (χ3v) is 7.76. The number of hydrogen-bond donors (Lipinski definition) is 0. The molecule has 4 nitrogen and oxygen atoms in total. The Morgan fingerprint density at radius 1 is 0.800 bits per heavy atom. The Morgan fingerprint density at radius 3 is 2.20 bits per heavy atom. The van der Waals surface area contributed by atoms with E-state index in [4.69, 9.17) is 0 Å². The van der Waals surface area contributed by atoms with Crippen LogP contribution in [0.1, 0.15) is 33.7 Å². The summed E-state index contributed by atoms with van der Waals surface area (Å²) in [5.41, 5.74) is 7.77. The number of benzene rings is 3. The van der Waals surface area contributed by atoms with Gasteiger partial charge in [0, 0.05) is 57.4 Å². The molecular formula is C31H37N3O. The molecule has 0 bridgehead atoms. The second-order valence-electron chi connectivity index (χ2n) is 10.4. The topological polar surface area (TPSA) is 26.8 Å². The number of anilines is 1. The zero-order chi connectivity index (χ0) is 24.4. The lowest BCUT2D eigenvalue weighted by atomic mass is 9.87. The molecule has 2 atom stereocenters. The molecule has 5 rings (SSSR count). The van der Waals surface area contributed by atoms with Crippen LogP contribution in [0.4, 0.5) is 5.69 Å². The van der Waals surface area contributed by atoms with Crippen molar-refractivity contribution in [2.45, 2.75) is 33.2 Å². The molecule has 2 saturated heterocycles. The zero-order valence-corrected chi connectivity index (χ0v) is 21.3. The van der Waals surface area contributed by atoms with Gasteiger partial charge in [-0.05, 0) is 49.1 Å². The van der Waals surface area contributed by atoms with E-state index >= 15 is 0 Å². The van der Waals surface area contributed by atoms with Crippen molar-refractivity contribution in [2.24, 2.45) is 5.92 Å². The Morgan fingerprint density at radius 2 is 1.49 bits per heavy atom. The summed E-state index contributed by atoms with van der Waals surface area (Å²) in [6, 6.07) is 26.1. The maximum absolute atomic E-state index is 13.9. The van der Waals surface area contributed by atoms with E-state index < -0.39 is 0 Å². The van der Waals surface area contributed by atoms with Gasteiger partial charge in [0.25, 0.3) is 0 Å². The Hall–Kier alpha value is -3.11.